The maximum Gasteiger partial charge on any atom is 0.243 e. The van der Waals surface area contributed by atoms with E-state index in [-0.39, 0.29) is 12.5 Å². The fraction of sp³-hybridized carbons (Fsp3) is 0.875. The van der Waals surface area contributed by atoms with Crippen LogP contribution in [0.4, 0.5) is 0 Å². The molecule has 2 N–H and O–H groups in total. The van der Waals surface area contributed by atoms with Gasteiger partial charge in [0.2, 0.25) is 5.91 Å². The molecule has 0 aromatic rings. The van der Waals surface area contributed by atoms with Crippen molar-refractivity contribution in [2.75, 3.05) is 60.0 Å². The topological polar surface area (TPSA) is 69.2 Å². The number of rotatable bonds is 9. The standard InChI is InChI=1S/C16H33N5O2/c1-5-21-10-7-8-14(21)12-18-16(17-9-11-23-6-2)19-13-15(22)20(3)4/h14H,5-13H2,1-4H3,(H2,17,18,19). The molecule has 0 radical (unpaired) electrons. The largest absolute Gasteiger partial charge is 0.380 e. The Labute approximate surface area is 140 Å². The van der Waals surface area contributed by atoms with E-state index in [0.29, 0.717) is 31.8 Å². The molecule has 1 aliphatic heterocycles. The molecule has 1 unspecified atom stereocenters. The Morgan fingerprint density at radius 2 is 2.13 bits per heavy atom. The first-order valence-electron chi connectivity index (χ1n) is 8.62. The highest BCUT2D eigenvalue weighted by molar-refractivity contribution is 5.84. The quantitative estimate of drug-likeness (QED) is 0.358. The zero-order valence-corrected chi connectivity index (χ0v) is 15.1. The molecule has 1 aliphatic rings. The molecule has 0 aliphatic carbocycles. The van der Waals surface area contributed by atoms with Crippen molar-refractivity contribution in [2.24, 2.45) is 4.99 Å². The highest BCUT2D eigenvalue weighted by Crippen LogP contribution is 2.15. The number of likely N-dealkylation sites (tertiary alicyclic amines) is 1. The minimum Gasteiger partial charge on any atom is -0.380 e. The maximum atomic E-state index is 11.7. The van der Waals surface area contributed by atoms with Crippen LogP contribution in [0.3, 0.4) is 0 Å². The predicted octanol–water partition coefficient (Wildman–Crippen LogP) is 0.131. The Kier molecular flexibility index (Phi) is 9.63. The van der Waals surface area contributed by atoms with Crippen LogP contribution in [0.1, 0.15) is 26.7 Å². The minimum atomic E-state index is -0.00745. The number of guanidine groups is 1. The molecule has 0 aromatic carbocycles. The van der Waals surface area contributed by atoms with Gasteiger partial charge in [-0.3, -0.25) is 9.69 Å². The summed E-state index contributed by atoms with van der Waals surface area (Å²) in [6.07, 6.45) is 2.47. The second-order valence-corrected chi connectivity index (χ2v) is 5.88. The van der Waals surface area contributed by atoms with E-state index in [2.05, 4.69) is 27.4 Å². The van der Waals surface area contributed by atoms with Crippen molar-refractivity contribution >= 4 is 11.9 Å². The maximum absolute atomic E-state index is 11.7. The molecular formula is C16H33N5O2. The fourth-order valence-electron chi connectivity index (χ4n) is 2.61. The molecule has 1 heterocycles. The number of hydrogen-bond donors (Lipinski definition) is 2. The first-order valence-corrected chi connectivity index (χ1v) is 8.62. The highest BCUT2D eigenvalue weighted by atomic mass is 16.5. The smallest absolute Gasteiger partial charge is 0.243 e. The summed E-state index contributed by atoms with van der Waals surface area (Å²) in [5, 5.41) is 6.60. The lowest BCUT2D eigenvalue weighted by molar-refractivity contribution is -0.127. The normalized spacial score (nSPS) is 19.0. The van der Waals surface area contributed by atoms with E-state index in [9.17, 15) is 4.79 Å². The summed E-state index contributed by atoms with van der Waals surface area (Å²) in [6.45, 7) is 9.44. The van der Waals surface area contributed by atoms with Crippen molar-refractivity contribution in [1.29, 1.82) is 0 Å². The number of hydrogen-bond acceptors (Lipinski definition) is 4. The molecule has 0 saturated carbocycles. The molecule has 23 heavy (non-hydrogen) atoms. The van der Waals surface area contributed by atoms with Gasteiger partial charge in [0, 0.05) is 39.8 Å². The van der Waals surface area contributed by atoms with E-state index in [0.717, 1.165) is 13.1 Å². The van der Waals surface area contributed by atoms with E-state index < -0.39 is 0 Å². The third-order valence-corrected chi connectivity index (χ3v) is 4.02. The fourth-order valence-corrected chi connectivity index (χ4v) is 2.61. The number of carbonyl (C=O) groups is 1. The summed E-state index contributed by atoms with van der Waals surface area (Å²) in [5.74, 6) is 0.676. The van der Waals surface area contributed by atoms with Gasteiger partial charge in [0.1, 0.15) is 6.54 Å². The lowest BCUT2D eigenvalue weighted by Gasteiger charge is -2.24. The number of aliphatic imine (C=N–C) groups is 1. The van der Waals surface area contributed by atoms with Crippen LogP contribution >= 0.6 is 0 Å². The number of nitrogens with zero attached hydrogens (tertiary/aromatic N) is 3. The van der Waals surface area contributed by atoms with Gasteiger partial charge >= 0.3 is 0 Å². The Balaban J connectivity index is 2.48. The highest BCUT2D eigenvalue weighted by Gasteiger charge is 2.22. The van der Waals surface area contributed by atoms with Crippen molar-refractivity contribution in [1.82, 2.24) is 20.4 Å². The molecule has 134 valence electrons. The van der Waals surface area contributed by atoms with Crippen molar-refractivity contribution in [3.05, 3.63) is 0 Å². The number of ether oxygens (including phenoxy) is 1. The average molecular weight is 327 g/mol. The minimum absolute atomic E-state index is 0.00745. The monoisotopic (exact) mass is 327 g/mol. The number of amides is 1. The first kappa shape index (κ1) is 19.7. The molecule has 1 saturated heterocycles. The molecule has 0 spiro atoms. The molecule has 1 amide bonds. The van der Waals surface area contributed by atoms with Crippen molar-refractivity contribution in [2.45, 2.75) is 32.7 Å². The second kappa shape index (κ2) is 11.2. The number of carbonyl (C=O) groups excluding carboxylic acids is 1. The van der Waals surface area contributed by atoms with Gasteiger partial charge in [0.15, 0.2) is 5.96 Å². The van der Waals surface area contributed by atoms with Crippen LogP contribution in [0.15, 0.2) is 4.99 Å². The average Bonchev–Trinajstić information content (AvgIpc) is 3.00. The molecular weight excluding hydrogens is 294 g/mol. The lowest BCUT2D eigenvalue weighted by atomic mass is 10.2. The van der Waals surface area contributed by atoms with Gasteiger partial charge in [0.25, 0.3) is 0 Å². The molecule has 7 heteroatoms. The van der Waals surface area contributed by atoms with Crippen molar-refractivity contribution < 1.29 is 9.53 Å². The Morgan fingerprint density at radius 1 is 1.35 bits per heavy atom. The van der Waals surface area contributed by atoms with Gasteiger partial charge in [-0.25, -0.2) is 4.99 Å². The summed E-state index contributed by atoms with van der Waals surface area (Å²) in [5.41, 5.74) is 0. The van der Waals surface area contributed by atoms with E-state index in [4.69, 9.17) is 4.74 Å². The summed E-state index contributed by atoms with van der Waals surface area (Å²) < 4.78 is 5.33. The Morgan fingerprint density at radius 3 is 2.78 bits per heavy atom. The summed E-state index contributed by atoms with van der Waals surface area (Å²) in [4.78, 5) is 20.1. The third kappa shape index (κ3) is 7.65. The van der Waals surface area contributed by atoms with Crippen LogP contribution in [0.5, 0.6) is 0 Å². The van der Waals surface area contributed by atoms with Crippen LogP contribution in [0.2, 0.25) is 0 Å². The molecule has 1 fully saturated rings. The second-order valence-electron chi connectivity index (χ2n) is 5.88. The summed E-state index contributed by atoms with van der Waals surface area (Å²) in [7, 11) is 3.48. The molecule has 0 aromatic heterocycles. The van der Waals surface area contributed by atoms with Gasteiger partial charge in [0.05, 0.1) is 6.61 Å². The third-order valence-electron chi connectivity index (χ3n) is 4.02. The molecule has 1 atom stereocenters. The van der Waals surface area contributed by atoms with Crippen LogP contribution in [-0.4, -0.2) is 87.7 Å². The van der Waals surface area contributed by atoms with E-state index in [1.807, 2.05) is 6.92 Å². The van der Waals surface area contributed by atoms with Gasteiger partial charge in [-0.1, -0.05) is 6.92 Å². The van der Waals surface area contributed by atoms with Crippen LogP contribution in [0.25, 0.3) is 0 Å². The predicted molar refractivity (Wildman–Crippen MR) is 93.8 cm³/mol. The SMILES string of the molecule is CCOCCNC(=NCC(=O)N(C)C)NCC1CCCN1CC. The number of nitrogens with one attached hydrogen (secondary N) is 2. The summed E-state index contributed by atoms with van der Waals surface area (Å²) >= 11 is 0. The first-order chi connectivity index (χ1) is 11.1. The molecule has 0 bridgehead atoms. The van der Waals surface area contributed by atoms with Crippen LogP contribution in [-0.2, 0) is 9.53 Å². The van der Waals surface area contributed by atoms with Crippen molar-refractivity contribution in [3.8, 4) is 0 Å². The van der Waals surface area contributed by atoms with Crippen LogP contribution in [0, 0.1) is 0 Å². The zero-order chi connectivity index (χ0) is 17.1. The Hall–Kier alpha value is -1.34. The zero-order valence-electron chi connectivity index (χ0n) is 15.1. The lowest BCUT2D eigenvalue weighted by Crippen LogP contribution is -2.46. The van der Waals surface area contributed by atoms with Gasteiger partial charge in [-0.15, -0.1) is 0 Å². The van der Waals surface area contributed by atoms with Gasteiger partial charge in [-0.05, 0) is 32.9 Å². The number of likely N-dealkylation sites (N-methyl/N-ethyl adjacent to an activating group) is 2. The van der Waals surface area contributed by atoms with Crippen LogP contribution < -0.4 is 10.6 Å². The molecule has 7 nitrogen and oxygen atoms in total. The van der Waals surface area contributed by atoms with Gasteiger partial charge in [-0.2, -0.15) is 0 Å². The van der Waals surface area contributed by atoms with Gasteiger partial charge < -0.3 is 20.3 Å². The van der Waals surface area contributed by atoms with Crippen molar-refractivity contribution in [3.63, 3.8) is 0 Å². The van der Waals surface area contributed by atoms with E-state index in [1.165, 1.54) is 19.4 Å². The van der Waals surface area contributed by atoms with E-state index in [1.54, 1.807) is 19.0 Å². The molecule has 1 rings (SSSR count). The summed E-state index contributed by atoms with van der Waals surface area (Å²) in [6, 6.07) is 0.545. The Bertz CT molecular complexity index is 373. The van der Waals surface area contributed by atoms with E-state index >= 15 is 0 Å².